The quantitative estimate of drug-likeness (QED) is 0.498. The molecular weight excluding hydrogens is 373 g/mol. The predicted octanol–water partition coefficient (Wildman–Crippen LogP) is 5.61. The van der Waals surface area contributed by atoms with Gasteiger partial charge in [-0.1, -0.05) is 37.0 Å². The molecular formula is C13H9BrCl2F2N2. The Labute approximate surface area is 133 Å². The summed E-state index contributed by atoms with van der Waals surface area (Å²) in [6.45, 7) is 3.81. The molecule has 2 rings (SSSR count). The molecule has 0 atom stereocenters. The van der Waals surface area contributed by atoms with Crippen molar-refractivity contribution >= 4 is 39.1 Å². The van der Waals surface area contributed by atoms with Crippen LogP contribution in [-0.4, -0.2) is 9.97 Å². The smallest absolute Gasteiger partial charge is 0.173 e. The molecule has 0 radical (unpaired) electrons. The first-order valence-electron chi connectivity index (χ1n) is 5.69. The van der Waals surface area contributed by atoms with E-state index in [-0.39, 0.29) is 32.1 Å². The number of nitrogens with zero attached hydrogens (tertiary/aromatic N) is 2. The first-order valence-corrected chi connectivity index (χ1v) is 7.24. The molecule has 0 saturated carbocycles. The fraction of sp³-hybridized carbons (Fsp3) is 0.231. The van der Waals surface area contributed by atoms with Gasteiger partial charge in [0.25, 0.3) is 0 Å². The summed E-state index contributed by atoms with van der Waals surface area (Å²) in [6.07, 6.45) is 0. The number of aromatic nitrogens is 2. The molecule has 0 aliphatic rings. The summed E-state index contributed by atoms with van der Waals surface area (Å²) in [4.78, 5) is 8.22. The van der Waals surface area contributed by atoms with E-state index in [1.807, 2.05) is 13.8 Å². The average Bonchev–Trinajstić information content (AvgIpc) is 2.34. The SMILES string of the molecule is CC(C)c1c(Cl)nc(-c2ccc(F)c(F)c2Br)nc1Cl. The molecule has 2 nitrogen and oxygen atoms in total. The van der Waals surface area contributed by atoms with Crippen molar-refractivity contribution in [2.45, 2.75) is 19.8 Å². The van der Waals surface area contributed by atoms with E-state index in [1.54, 1.807) is 0 Å². The highest BCUT2D eigenvalue weighted by molar-refractivity contribution is 9.10. The van der Waals surface area contributed by atoms with Crippen molar-refractivity contribution in [3.63, 3.8) is 0 Å². The van der Waals surface area contributed by atoms with Gasteiger partial charge in [-0.25, -0.2) is 18.7 Å². The van der Waals surface area contributed by atoms with Gasteiger partial charge in [0.15, 0.2) is 17.5 Å². The molecule has 1 aromatic heterocycles. The molecule has 0 bridgehead atoms. The molecule has 7 heteroatoms. The fourth-order valence-corrected chi connectivity index (χ4v) is 3.03. The van der Waals surface area contributed by atoms with Crippen molar-refractivity contribution in [1.82, 2.24) is 9.97 Å². The molecule has 0 aliphatic heterocycles. The van der Waals surface area contributed by atoms with Crippen molar-refractivity contribution in [3.05, 3.63) is 44.1 Å². The summed E-state index contributed by atoms with van der Waals surface area (Å²) < 4.78 is 26.6. The van der Waals surface area contributed by atoms with Crippen LogP contribution >= 0.6 is 39.1 Å². The van der Waals surface area contributed by atoms with E-state index in [4.69, 9.17) is 23.2 Å². The number of halogens is 5. The molecule has 0 aliphatic carbocycles. The van der Waals surface area contributed by atoms with Crippen molar-refractivity contribution in [2.24, 2.45) is 0 Å². The van der Waals surface area contributed by atoms with E-state index in [0.717, 1.165) is 6.07 Å². The molecule has 0 unspecified atom stereocenters. The number of hydrogen-bond donors (Lipinski definition) is 0. The Bertz CT molecular complexity index is 655. The second-order valence-corrected chi connectivity index (χ2v) is 5.93. The third-order valence-electron chi connectivity index (χ3n) is 2.71. The zero-order valence-electron chi connectivity index (χ0n) is 10.5. The monoisotopic (exact) mass is 380 g/mol. The molecule has 0 spiro atoms. The molecule has 20 heavy (non-hydrogen) atoms. The zero-order chi connectivity index (χ0) is 15.0. The topological polar surface area (TPSA) is 25.8 Å². The van der Waals surface area contributed by atoms with Gasteiger partial charge in [0.2, 0.25) is 0 Å². The summed E-state index contributed by atoms with van der Waals surface area (Å²) in [7, 11) is 0. The highest BCUT2D eigenvalue weighted by Crippen LogP contribution is 2.34. The van der Waals surface area contributed by atoms with Gasteiger partial charge >= 0.3 is 0 Å². The van der Waals surface area contributed by atoms with Crippen LogP contribution < -0.4 is 0 Å². The van der Waals surface area contributed by atoms with Crippen LogP contribution in [0.15, 0.2) is 16.6 Å². The molecule has 0 N–H and O–H groups in total. The lowest BCUT2D eigenvalue weighted by atomic mass is 10.1. The minimum Gasteiger partial charge on any atom is -0.216 e. The Morgan fingerprint density at radius 1 is 1.10 bits per heavy atom. The Kier molecular flexibility index (Phi) is 4.62. The van der Waals surface area contributed by atoms with E-state index >= 15 is 0 Å². The molecule has 106 valence electrons. The summed E-state index contributed by atoms with van der Waals surface area (Å²) >= 11 is 15.2. The lowest BCUT2D eigenvalue weighted by molar-refractivity contribution is 0.504. The molecule has 2 aromatic rings. The normalized spacial score (nSPS) is 11.2. The highest BCUT2D eigenvalue weighted by Gasteiger charge is 2.19. The van der Waals surface area contributed by atoms with Gasteiger partial charge in [-0.2, -0.15) is 0 Å². The first kappa shape index (κ1) is 15.6. The van der Waals surface area contributed by atoms with Gasteiger partial charge in [-0.05, 0) is 34.0 Å². The Hall–Kier alpha value is -0.780. The van der Waals surface area contributed by atoms with Crippen LogP contribution in [0.5, 0.6) is 0 Å². The third kappa shape index (κ3) is 2.80. The molecule has 0 fully saturated rings. The maximum Gasteiger partial charge on any atom is 0.173 e. The minimum atomic E-state index is -1.01. The van der Waals surface area contributed by atoms with Gasteiger partial charge in [0, 0.05) is 11.1 Å². The van der Waals surface area contributed by atoms with Crippen LogP contribution in [0.3, 0.4) is 0 Å². The third-order valence-corrected chi connectivity index (χ3v) is 4.06. The molecule has 1 aromatic carbocycles. The van der Waals surface area contributed by atoms with E-state index in [2.05, 4.69) is 25.9 Å². The summed E-state index contributed by atoms with van der Waals surface area (Å²) in [6, 6.07) is 2.36. The van der Waals surface area contributed by atoms with Gasteiger partial charge in [-0.15, -0.1) is 0 Å². The molecule has 0 saturated heterocycles. The predicted molar refractivity (Wildman–Crippen MR) is 79.2 cm³/mol. The highest BCUT2D eigenvalue weighted by atomic mass is 79.9. The van der Waals surface area contributed by atoms with E-state index < -0.39 is 11.6 Å². The zero-order valence-corrected chi connectivity index (χ0v) is 13.6. The van der Waals surface area contributed by atoms with Crippen LogP contribution in [0.25, 0.3) is 11.4 Å². The minimum absolute atomic E-state index is 0.0532. The Morgan fingerprint density at radius 2 is 1.65 bits per heavy atom. The second-order valence-electron chi connectivity index (χ2n) is 4.42. The van der Waals surface area contributed by atoms with Crippen LogP contribution in [0, 0.1) is 11.6 Å². The average molecular weight is 382 g/mol. The maximum atomic E-state index is 13.5. The summed E-state index contributed by atoms with van der Waals surface area (Å²) in [5.41, 5.74) is 0.902. The van der Waals surface area contributed by atoms with E-state index in [1.165, 1.54) is 6.07 Å². The van der Waals surface area contributed by atoms with Crippen LogP contribution in [0.1, 0.15) is 25.3 Å². The van der Waals surface area contributed by atoms with E-state index in [0.29, 0.717) is 5.56 Å². The van der Waals surface area contributed by atoms with Crippen LogP contribution in [0.2, 0.25) is 10.3 Å². The Balaban J connectivity index is 2.63. The van der Waals surface area contributed by atoms with Crippen molar-refractivity contribution in [1.29, 1.82) is 0 Å². The number of benzene rings is 1. The van der Waals surface area contributed by atoms with Crippen molar-refractivity contribution in [2.75, 3.05) is 0 Å². The van der Waals surface area contributed by atoms with E-state index in [9.17, 15) is 8.78 Å². The fourth-order valence-electron chi connectivity index (χ4n) is 1.71. The second kappa shape index (κ2) is 5.92. The summed E-state index contributed by atoms with van der Waals surface area (Å²) in [5, 5.41) is 0.401. The number of hydrogen-bond acceptors (Lipinski definition) is 2. The van der Waals surface area contributed by atoms with Crippen LogP contribution in [0.4, 0.5) is 8.78 Å². The first-order chi connectivity index (χ1) is 9.32. The van der Waals surface area contributed by atoms with Crippen molar-refractivity contribution < 1.29 is 8.78 Å². The molecule has 1 heterocycles. The largest absolute Gasteiger partial charge is 0.216 e. The van der Waals surface area contributed by atoms with Crippen LogP contribution in [-0.2, 0) is 0 Å². The van der Waals surface area contributed by atoms with Gasteiger partial charge in [0.1, 0.15) is 10.3 Å². The maximum absolute atomic E-state index is 13.5. The van der Waals surface area contributed by atoms with Gasteiger partial charge < -0.3 is 0 Å². The lowest BCUT2D eigenvalue weighted by Crippen LogP contribution is -2.00. The molecule has 0 amide bonds. The van der Waals surface area contributed by atoms with Crippen molar-refractivity contribution in [3.8, 4) is 11.4 Å². The summed E-state index contributed by atoms with van der Waals surface area (Å²) in [5.74, 6) is -1.78. The Morgan fingerprint density at radius 3 is 2.15 bits per heavy atom. The number of rotatable bonds is 2. The lowest BCUT2D eigenvalue weighted by Gasteiger charge is -2.12. The van der Waals surface area contributed by atoms with Gasteiger partial charge in [-0.3, -0.25) is 0 Å². The standard InChI is InChI=1S/C13H9BrCl2F2N2/c1-5(2)8-11(15)19-13(20-12(8)16)6-3-4-7(17)10(18)9(6)14/h3-5H,1-2H3. The van der Waals surface area contributed by atoms with Gasteiger partial charge in [0.05, 0.1) is 4.47 Å².